The molecule has 0 saturated heterocycles. The Labute approximate surface area is 52.6 Å². The summed E-state index contributed by atoms with van der Waals surface area (Å²) in [5.74, 6) is 0.720. The van der Waals surface area contributed by atoms with Gasteiger partial charge in [0.25, 0.3) is 0 Å². The summed E-state index contributed by atoms with van der Waals surface area (Å²) in [5.41, 5.74) is 0. The Balaban J connectivity index is 3.17. The third-order valence-electron chi connectivity index (χ3n) is 1.18. The molecule has 1 unspecified atom stereocenters. The van der Waals surface area contributed by atoms with E-state index in [0.29, 0.717) is 0 Å². The van der Waals surface area contributed by atoms with Crippen molar-refractivity contribution in [1.29, 1.82) is 0 Å². The van der Waals surface area contributed by atoms with Crippen molar-refractivity contribution in [3.05, 3.63) is 19.1 Å². The highest BCUT2D eigenvalue weighted by atomic mass is 14.0. The highest BCUT2D eigenvalue weighted by Gasteiger charge is 1.87. The third-order valence-corrected chi connectivity index (χ3v) is 1.18. The van der Waals surface area contributed by atoms with Gasteiger partial charge in [-0.15, -0.1) is 0 Å². The molecule has 48 valence electrons. The molecule has 0 saturated carbocycles. The van der Waals surface area contributed by atoms with Crippen LogP contribution in [0, 0.1) is 12.8 Å². The maximum Gasteiger partial charge on any atom is -0.0286 e. The van der Waals surface area contributed by atoms with E-state index in [4.69, 9.17) is 0 Å². The van der Waals surface area contributed by atoms with E-state index in [2.05, 4.69) is 32.9 Å². The van der Waals surface area contributed by atoms with E-state index >= 15 is 0 Å². The number of allylic oxidation sites excluding steroid dienone is 2. The van der Waals surface area contributed by atoms with Crippen molar-refractivity contribution in [3.63, 3.8) is 0 Å². The normalized spacial score (nSPS) is 14.9. The first-order valence-electron chi connectivity index (χ1n) is 3.23. The van der Waals surface area contributed by atoms with Gasteiger partial charge in [0, 0.05) is 0 Å². The lowest BCUT2D eigenvalue weighted by molar-refractivity contribution is 0.656. The van der Waals surface area contributed by atoms with E-state index in [9.17, 15) is 0 Å². The van der Waals surface area contributed by atoms with Crippen molar-refractivity contribution >= 4 is 0 Å². The van der Waals surface area contributed by atoms with Crippen molar-refractivity contribution < 1.29 is 0 Å². The summed E-state index contributed by atoms with van der Waals surface area (Å²) in [4.78, 5) is 0. The molecular formula is C8H15-. The zero-order chi connectivity index (χ0) is 6.41. The summed E-state index contributed by atoms with van der Waals surface area (Å²) in [5, 5.41) is 0. The van der Waals surface area contributed by atoms with Crippen LogP contribution in [0.15, 0.2) is 12.2 Å². The van der Waals surface area contributed by atoms with Crippen molar-refractivity contribution in [2.75, 3.05) is 0 Å². The quantitative estimate of drug-likeness (QED) is 0.388. The maximum atomic E-state index is 3.77. The standard InChI is InChI=1S/C8H15/c1-4-6-8(3)7-5-2/h5,7-8H,1,4,6H2,2-3H3/q-1/b7-5-. The minimum atomic E-state index is 0.720. The molecule has 0 aromatic rings. The van der Waals surface area contributed by atoms with Crippen LogP contribution in [0.2, 0.25) is 0 Å². The van der Waals surface area contributed by atoms with Gasteiger partial charge in [-0.1, -0.05) is 25.5 Å². The molecule has 0 heterocycles. The Morgan fingerprint density at radius 1 is 1.62 bits per heavy atom. The molecule has 0 amide bonds. The summed E-state index contributed by atoms with van der Waals surface area (Å²) in [7, 11) is 0. The molecule has 0 radical (unpaired) electrons. The number of hydrogen-bond acceptors (Lipinski definition) is 0. The molecule has 0 aromatic carbocycles. The first kappa shape index (κ1) is 7.74. The third kappa shape index (κ3) is 3.91. The molecule has 0 aromatic heterocycles. The highest BCUT2D eigenvalue weighted by molar-refractivity contribution is 4.82. The van der Waals surface area contributed by atoms with Gasteiger partial charge in [0.1, 0.15) is 0 Å². The van der Waals surface area contributed by atoms with Crippen LogP contribution in [-0.2, 0) is 0 Å². The second-order valence-corrected chi connectivity index (χ2v) is 2.15. The second-order valence-electron chi connectivity index (χ2n) is 2.15. The van der Waals surface area contributed by atoms with E-state index in [0.717, 1.165) is 12.3 Å². The minimum absolute atomic E-state index is 0.720. The van der Waals surface area contributed by atoms with Gasteiger partial charge < -0.3 is 6.92 Å². The van der Waals surface area contributed by atoms with Gasteiger partial charge in [0.15, 0.2) is 0 Å². The number of hydrogen-bond donors (Lipinski definition) is 0. The maximum absolute atomic E-state index is 3.77. The second kappa shape index (κ2) is 4.89. The molecule has 0 aliphatic carbocycles. The molecule has 0 N–H and O–H groups in total. The van der Waals surface area contributed by atoms with E-state index < -0.39 is 0 Å². The zero-order valence-electron chi connectivity index (χ0n) is 5.85. The van der Waals surface area contributed by atoms with Crippen LogP contribution < -0.4 is 0 Å². The van der Waals surface area contributed by atoms with Crippen molar-refractivity contribution in [2.24, 2.45) is 5.92 Å². The molecule has 0 nitrogen and oxygen atoms in total. The first-order valence-corrected chi connectivity index (χ1v) is 3.23. The van der Waals surface area contributed by atoms with Crippen molar-refractivity contribution in [2.45, 2.75) is 26.7 Å². The molecule has 0 fully saturated rings. The molecule has 0 bridgehead atoms. The lowest BCUT2D eigenvalue weighted by Gasteiger charge is -2.03. The predicted octanol–water partition coefficient (Wildman–Crippen LogP) is 2.81. The lowest BCUT2D eigenvalue weighted by atomic mass is 10.1. The molecule has 8 heavy (non-hydrogen) atoms. The Morgan fingerprint density at radius 3 is 2.62 bits per heavy atom. The Bertz CT molecular complexity index is 62.4. The zero-order valence-corrected chi connectivity index (χ0v) is 5.85. The van der Waals surface area contributed by atoms with Crippen LogP contribution in [0.5, 0.6) is 0 Å². The summed E-state index contributed by atoms with van der Waals surface area (Å²) in [6, 6.07) is 0. The van der Waals surface area contributed by atoms with Gasteiger partial charge in [-0.05, 0) is 12.8 Å². The molecule has 0 aliphatic rings. The monoisotopic (exact) mass is 111 g/mol. The van der Waals surface area contributed by atoms with Gasteiger partial charge in [-0.3, -0.25) is 0 Å². The fraction of sp³-hybridized carbons (Fsp3) is 0.625. The van der Waals surface area contributed by atoms with E-state index in [1.807, 2.05) is 0 Å². The number of rotatable bonds is 3. The summed E-state index contributed by atoms with van der Waals surface area (Å²) in [6.07, 6.45) is 6.57. The van der Waals surface area contributed by atoms with Gasteiger partial charge in [-0.2, -0.15) is 6.42 Å². The average molecular weight is 111 g/mol. The van der Waals surface area contributed by atoms with Gasteiger partial charge >= 0.3 is 0 Å². The Hall–Kier alpha value is -0.260. The van der Waals surface area contributed by atoms with Crippen LogP contribution in [-0.4, -0.2) is 0 Å². The summed E-state index contributed by atoms with van der Waals surface area (Å²) >= 11 is 0. The first-order chi connectivity index (χ1) is 3.81. The molecule has 0 heteroatoms. The summed E-state index contributed by atoms with van der Waals surface area (Å²) in [6.45, 7) is 8.04. The van der Waals surface area contributed by atoms with E-state index in [-0.39, 0.29) is 0 Å². The van der Waals surface area contributed by atoms with E-state index in [1.54, 1.807) is 0 Å². The molecule has 0 spiro atoms. The van der Waals surface area contributed by atoms with Crippen LogP contribution >= 0.6 is 0 Å². The van der Waals surface area contributed by atoms with Crippen molar-refractivity contribution in [3.8, 4) is 0 Å². The fourth-order valence-corrected chi connectivity index (χ4v) is 0.747. The smallest absolute Gasteiger partial charge is 0.0286 e. The van der Waals surface area contributed by atoms with Crippen LogP contribution in [0.25, 0.3) is 0 Å². The molecular weight excluding hydrogens is 96.1 g/mol. The SMILES string of the molecule is [CH2-]CCC(C)/C=C\C. The van der Waals surface area contributed by atoms with Gasteiger partial charge in [0.2, 0.25) is 0 Å². The van der Waals surface area contributed by atoms with E-state index in [1.165, 1.54) is 6.42 Å². The molecule has 1 atom stereocenters. The highest BCUT2D eigenvalue weighted by Crippen LogP contribution is 2.04. The van der Waals surface area contributed by atoms with Gasteiger partial charge in [0.05, 0.1) is 0 Å². The lowest BCUT2D eigenvalue weighted by Crippen LogP contribution is -1.85. The minimum Gasteiger partial charge on any atom is -0.343 e. The molecule has 0 rings (SSSR count). The predicted molar refractivity (Wildman–Crippen MR) is 38.6 cm³/mol. The molecule has 0 aliphatic heterocycles. The average Bonchev–Trinajstić information content (AvgIpc) is 1.68. The Morgan fingerprint density at radius 2 is 2.25 bits per heavy atom. The topological polar surface area (TPSA) is 0 Å². The summed E-state index contributed by atoms with van der Waals surface area (Å²) < 4.78 is 0. The van der Waals surface area contributed by atoms with Crippen LogP contribution in [0.4, 0.5) is 0 Å². The van der Waals surface area contributed by atoms with Crippen LogP contribution in [0.3, 0.4) is 0 Å². The van der Waals surface area contributed by atoms with Gasteiger partial charge in [-0.25, -0.2) is 0 Å². The largest absolute Gasteiger partial charge is 0.343 e. The van der Waals surface area contributed by atoms with Crippen molar-refractivity contribution in [1.82, 2.24) is 0 Å². The van der Waals surface area contributed by atoms with Crippen LogP contribution in [0.1, 0.15) is 26.7 Å². The fourth-order valence-electron chi connectivity index (χ4n) is 0.747. The Kier molecular flexibility index (Phi) is 4.73.